The normalized spacial score (nSPS) is 17.8. The van der Waals surface area contributed by atoms with E-state index < -0.39 is 10.1 Å². The molecule has 112 valence electrons. The monoisotopic (exact) mass is 323 g/mol. The summed E-state index contributed by atoms with van der Waals surface area (Å²) in [5.74, 6) is 0. The highest BCUT2D eigenvalue weighted by atomic mass is 32.2. The predicted molar refractivity (Wildman–Crippen MR) is 88.8 cm³/mol. The molecule has 2 aromatic carbocycles. The molecule has 0 amide bonds. The van der Waals surface area contributed by atoms with Crippen molar-refractivity contribution >= 4 is 32.2 Å². The SMILES string of the molecule is C[SH]1C=Nc2ccccc21.Cc1ccc(S(=O)(=O)O)cc1. The lowest BCUT2D eigenvalue weighted by Gasteiger charge is -2.03. The van der Waals surface area contributed by atoms with Gasteiger partial charge in [0.1, 0.15) is 0 Å². The highest BCUT2D eigenvalue weighted by Crippen LogP contribution is 2.42. The third-order valence-electron chi connectivity index (χ3n) is 2.95. The Labute approximate surface area is 127 Å². The predicted octanol–water partition coefficient (Wildman–Crippen LogP) is 3.59. The zero-order chi connectivity index (χ0) is 15.5. The van der Waals surface area contributed by atoms with E-state index in [1.807, 2.05) is 13.0 Å². The van der Waals surface area contributed by atoms with Crippen LogP contribution < -0.4 is 0 Å². The molecule has 0 aliphatic carbocycles. The molecule has 1 heterocycles. The number of nitrogens with zero attached hydrogens (tertiary/aromatic N) is 1. The molecule has 6 heteroatoms. The first kappa shape index (κ1) is 15.8. The van der Waals surface area contributed by atoms with Crippen LogP contribution in [-0.4, -0.2) is 24.8 Å². The number of para-hydroxylation sites is 1. The second-order valence-corrected chi connectivity index (χ2v) is 7.99. The van der Waals surface area contributed by atoms with Gasteiger partial charge in [-0.1, -0.05) is 29.8 Å². The third-order valence-corrected chi connectivity index (χ3v) is 5.42. The average Bonchev–Trinajstić information content (AvgIpc) is 2.81. The minimum Gasteiger partial charge on any atom is -0.282 e. The molecular formula is C15H17NO3S2. The Morgan fingerprint density at radius 2 is 1.67 bits per heavy atom. The van der Waals surface area contributed by atoms with Crippen molar-refractivity contribution in [1.82, 2.24) is 0 Å². The molecule has 3 rings (SSSR count). The molecule has 0 bridgehead atoms. The number of aliphatic imine (C=N–C) groups is 1. The number of aryl methyl sites for hydroxylation is 1. The Morgan fingerprint density at radius 3 is 2.24 bits per heavy atom. The summed E-state index contributed by atoms with van der Waals surface area (Å²) in [7, 11) is -4.09. The Balaban J connectivity index is 0.000000154. The quantitative estimate of drug-likeness (QED) is 0.622. The summed E-state index contributed by atoms with van der Waals surface area (Å²) >= 11 is 0. The molecule has 1 atom stereocenters. The lowest BCUT2D eigenvalue weighted by Crippen LogP contribution is -1.96. The van der Waals surface area contributed by atoms with Crippen LogP contribution in [-0.2, 0) is 10.1 Å². The lowest BCUT2D eigenvalue weighted by molar-refractivity contribution is 0.483. The fraction of sp³-hybridized carbons (Fsp3) is 0.133. The highest BCUT2D eigenvalue weighted by Gasteiger charge is 2.08. The van der Waals surface area contributed by atoms with Gasteiger partial charge < -0.3 is 0 Å². The van der Waals surface area contributed by atoms with Crippen LogP contribution in [0.25, 0.3) is 0 Å². The van der Waals surface area contributed by atoms with Gasteiger partial charge in [0.15, 0.2) is 0 Å². The molecule has 1 N–H and O–H groups in total. The lowest BCUT2D eigenvalue weighted by atomic mass is 10.2. The van der Waals surface area contributed by atoms with E-state index >= 15 is 0 Å². The summed E-state index contributed by atoms with van der Waals surface area (Å²) in [6, 6.07) is 14.3. The van der Waals surface area contributed by atoms with Crippen molar-refractivity contribution in [3.05, 3.63) is 54.1 Å². The van der Waals surface area contributed by atoms with Crippen LogP contribution >= 0.6 is 10.9 Å². The minimum atomic E-state index is -4.02. The van der Waals surface area contributed by atoms with Gasteiger partial charge in [-0.05, 0) is 37.4 Å². The first-order valence-electron chi connectivity index (χ1n) is 6.28. The summed E-state index contributed by atoms with van der Waals surface area (Å²) in [4.78, 5) is 5.63. The standard InChI is InChI=1S/C8H9NS.C7H8O3S/c1-10-6-9-7-4-2-3-5-8(7)10;1-6-2-4-7(5-3-6)11(8,9)10/h2-6,10H,1H3;2-5H,1H3,(H,8,9,10). The molecule has 0 fully saturated rings. The first-order valence-corrected chi connectivity index (χ1v) is 9.58. The summed E-state index contributed by atoms with van der Waals surface area (Å²) in [5, 5.41) is 0. The van der Waals surface area contributed by atoms with Gasteiger partial charge in [0.2, 0.25) is 0 Å². The summed E-state index contributed by atoms with van der Waals surface area (Å²) in [6.45, 7) is 1.84. The zero-order valence-corrected chi connectivity index (χ0v) is 13.5. The van der Waals surface area contributed by atoms with Crippen molar-refractivity contribution in [1.29, 1.82) is 0 Å². The fourth-order valence-corrected chi connectivity index (χ4v) is 3.51. The summed E-state index contributed by atoms with van der Waals surface area (Å²) in [5.41, 5.74) is 4.17. The maximum atomic E-state index is 10.5. The van der Waals surface area contributed by atoms with Crippen LogP contribution in [0.3, 0.4) is 0 Å². The van der Waals surface area contributed by atoms with Gasteiger partial charge in [-0.3, -0.25) is 9.55 Å². The molecule has 0 aromatic heterocycles. The van der Waals surface area contributed by atoms with Crippen molar-refractivity contribution < 1.29 is 13.0 Å². The van der Waals surface area contributed by atoms with E-state index in [0.29, 0.717) is 0 Å². The second-order valence-electron chi connectivity index (χ2n) is 4.63. The van der Waals surface area contributed by atoms with Gasteiger partial charge in [0, 0.05) is 10.4 Å². The molecule has 1 aliphatic rings. The van der Waals surface area contributed by atoms with Crippen molar-refractivity contribution in [2.24, 2.45) is 4.99 Å². The number of fused-ring (bicyclic) bond motifs is 1. The molecule has 2 aromatic rings. The van der Waals surface area contributed by atoms with Crippen molar-refractivity contribution in [2.75, 3.05) is 6.26 Å². The molecule has 1 aliphatic heterocycles. The van der Waals surface area contributed by atoms with E-state index in [1.165, 1.54) is 17.0 Å². The van der Waals surface area contributed by atoms with E-state index in [4.69, 9.17) is 4.55 Å². The van der Waals surface area contributed by atoms with Gasteiger partial charge in [-0.2, -0.15) is 19.3 Å². The van der Waals surface area contributed by atoms with Gasteiger partial charge in [-0.15, -0.1) is 0 Å². The Kier molecular flexibility index (Phi) is 4.82. The van der Waals surface area contributed by atoms with Gasteiger partial charge in [0.25, 0.3) is 10.1 Å². The zero-order valence-electron chi connectivity index (χ0n) is 11.8. The van der Waals surface area contributed by atoms with E-state index in [1.54, 1.807) is 12.1 Å². The van der Waals surface area contributed by atoms with Crippen LogP contribution in [0.1, 0.15) is 5.56 Å². The molecule has 21 heavy (non-hydrogen) atoms. The molecule has 0 saturated carbocycles. The number of rotatable bonds is 1. The maximum Gasteiger partial charge on any atom is 0.294 e. The van der Waals surface area contributed by atoms with Crippen LogP contribution in [0.2, 0.25) is 0 Å². The van der Waals surface area contributed by atoms with Crippen LogP contribution in [0, 0.1) is 6.92 Å². The maximum absolute atomic E-state index is 10.5. The smallest absolute Gasteiger partial charge is 0.282 e. The molecule has 0 saturated heterocycles. The molecule has 0 radical (unpaired) electrons. The van der Waals surface area contributed by atoms with Crippen LogP contribution in [0.5, 0.6) is 0 Å². The number of hydrogen-bond donors (Lipinski definition) is 2. The van der Waals surface area contributed by atoms with E-state index in [9.17, 15) is 8.42 Å². The van der Waals surface area contributed by atoms with E-state index in [0.717, 1.165) is 11.3 Å². The first-order chi connectivity index (χ1) is 9.88. The van der Waals surface area contributed by atoms with Crippen LogP contribution in [0.4, 0.5) is 5.69 Å². The molecular weight excluding hydrogens is 306 g/mol. The number of thiol groups is 1. The van der Waals surface area contributed by atoms with E-state index in [2.05, 4.69) is 35.0 Å². The van der Waals surface area contributed by atoms with Gasteiger partial charge >= 0.3 is 0 Å². The summed E-state index contributed by atoms with van der Waals surface area (Å²) in [6.07, 6.45) is 2.23. The third kappa shape index (κ3) is 4.17. The second kappa shape index (κ2) is 6.43. The van der Waals surface area contributed by atoms with Crippen molar-refractivity contribution in [2.45, 2.75) is 16.7 Å². The molecule has 0 spiro atoms. The Hall–Kier alpha value is -1.63. The minimum absolute atomic E-state index is 0.0666. The fourth-order valence-electron chi connectivity index (χ4n) is 1.79. The van der Waals surface area contributed by atoms with Crippen LogP contribution in [0.15, 0.2) is 63.3 Å². The molecule has 1 unspecified atom stereocenters. The molecule has 4 nitrogen and oxygen atoms in total. The Bertz CT molecular complexity index is 753. The van der Waals surface area contributed by atoms with Crippen molar-refractivity contribution in [3.8, 4) is 0 Å². The van der Waals surface area contributed by atoms with Crippen molar-refractivity contribution in [3.63, 3.8) is 0 Å². The van der Waals surface area contributed by atoms with Gasteiger partial charge in [-0.25, -0.2) is 0 Å². The average molecular weight is 323 g/mol. The summed E-state index contributed by atoms with van der Waals surface area (Å²) < 4.78 is 29.6. The topological polar surface area (TPSA) is 66.7 Å². The largest absolute Gasteiger partial charge is 0.294 e. The highest BCUT2D eigenvalue weighted by molar-refractivity contribution is 8.28. The number of benzene rings is 2. The van der Waals surface area contributed by atoms with E-state index in [-0.39, 0.29) is 15.8 Å². The van der Waals surface area contributed by atoms with Gasteiger partial charge in [0.05, 0.1) is 10.6 Å². The number of hydrogen-bond acceptors (Lipinski definition) is 3. The Morgan fingerprint density at radius 1 is 1.05 bits per heavy atom.